The lowest BCUT2D eigenvalue weighted by Crippen LogP contribution is -2.35. The Morgan fingerprint density at radius 1 is 1.21 bits per heavy atom. The summed E-state index contributed by atoms with van der Waals surface area (Å²) in [7, 11) is 1.65. The molecule has 150 valence electrons. The third-order valence-electron chi connectivity index (χ3n) is 4.65. The number of nitrogens with zero attached hydrogens (tertiary/aromatic N) is 3. The van der Waals surface area contributed by atoms with Gasteiger partial charge in [0.15, 0.2) is 4.96 Å². The van der Waals surface area contributed by atoms with Gasteiger partial charge < -0.3 is 9.64 Å². The quantitative estimate of drug-likeness (QED) is 0.378. The molecule has 0 aliphatic carbocycles. The number of carbonyl (C=O) groups is 1. The van der Waals surface area contributed by atoms with Crippen LogP contribution in [0, 0.1) is 0 Å². The minimum atomic E-state index is 0.0519. The number of aromatic nitrogens is 2. The van der Waals surface area contributed by atoms with Gasteiger partial charge in [0.1, 0.15) is 0 Å². The standard InChI is InChI=1S/C21H20ClN3O2S2/c1-27-11-10-24(20(26)19-3-2-12-28-19)9-8-17-14-29-21-23-18(13-25(17)21)15-4-6-16(22)7-5-15/h2-7,12-14H,8-11H2,1H3. The molecule has 1 aromatic carbocycles. The molecule has 5 nitrogen and oxygen atoms in total. The zero-order valence-corrected chi connectivity index (χ0v) is 18.3. The van der Waals surface area contributed by atoms with Crippen LogP contribution in [-0.4, -0.2) is 47.0 Å². The first kappa shape index (κ1) is 20.1. The van der Waals surface area contributed by atoms with Gasteiger partial charge in [-0.15, -0.1) is 22.7 Å². The second kappa shape index (κ2) is 9.09. The molecule has 8 heteroatoms. The Labute approximate surface area is 182 Å². The number of ether oxygens (including phenoxy) is 1. The lowest BCUT2D eigenvalue weighted by molar-refractivity contribution is 0.0702. The second-order valence-electron chi connectivity index (χ2n) is 6.52. The zero-order chi connectivity index (χ0) is 20.2. The van der Waals surface area contributed by atoms with Gasteiger partial charge in [0.25, 0.3) is 5.91 Å². The molecule has 0 atom stereocenters. The van der Waals surface area contributed by atoms with E-state index in [1.807, 2.05) is 52.9 Å². The first-order chi connectivity index (χ1) is 14.2. The van der Waals surface area contributed by atoms with Crippen LogP contribution in [0.3, 0.4) is 0 Å². The molecule has 4 rings (SSSR count). The molecule has 0 radical (unpaired) electrons. The van der Waals surface area contributed by atoms with Crippen molar-refractivity contribution in [2.45, 2.75) is 6.42 Å². The number of carbonyl (C=O) groups excluding carboxylic acids is 1. The van der Waals surface area contributed by atoms with E-state index in [2.05, 4.69) is 9.78 Å². The van der Waals surface area contributed by atoms with Crippen LogP contribution in [0.5, 0.6) is 0 Å². The maximum atomic E-state index is 12.8. The highest BCUT2D eigenvalue weighted by molar-refractivity contribution is 7.15. The van der Waals surface area contributed by atoms with Gasteiger partial charge in [-0.3, -0.25) is 9.20 Å². The van der Waals surface area contributed by atoms with E-state index >= 15 is 0 Å². The molecule has 0 bridgehead atoms. The molecule has 0 unspecified atom stereocenters. The van der Waals surface area contributed by atoms with Crippen molar-refractivity contribution in [3.05, 3.63) is 68.9 Å². The number of hydrogen-bond donors (Lipinski definition) is 0. The van der Waals surface area contributed by atoms with Crippen LogP contribution < -0.4 is 0 Å². The SMILES string of the molecule is COCCN(CCc1csc2nc(-c3ccc(Cl)cc3)cn12)C(=O)c1cccs1. The van der Waals surface area contributed by atoms with Gasteiger partial charge in [-0.1, -0.05) is 29.8 Å². The third-order valence-corrected chi connectivity index (χ3v) is 6.64. The maximum absolute atomic E-state index is 12.8. The highest BCUT2D eigenvalue weighted by Gasteiger charge is 2.18. The summed E-state index contributed by atoms with van der Waals surface area (Å²) in [5, 5.41) is 4.74. The van der Waals surface area contributed by atoms with Gasteiger partial charge in [0.05, 0.1) is 17.2 Å². The summed E-state index contributed by atoms with van der Waals surface area (Å²) in [6.07, 6.45) is 2.79. The molecular weight excluding hydrogens is 426 g/mol. The van der Waals surface area contributed by atoms with E-state index in [1.165, 1.54) is 11.3 Å². The first-order valence-electron chi connectivity index (χ1n) is 9.19. The van der Waals surface area contributed by atoms with Crippen LogP contribution in [0.25, 0.3) is 16.2 Å². The Balaban J connectivity index is 1.51. The summed E-state index contributed by atoms with van der Waals surface area (Å²) in [5.74, 6) is 0.0519. The third kappa shape index (κ3) is 4.53. The lowest BCUT2D eigenvalue weighted by Gasteiger charge is -2.21. The van der Waals surface area contributed by atoms with Gasteiger partial charge in [-0.25, -0.2) is 4.98 Å². The highest BCUT2D eigenvalue weighted by Crippen LogP contribution is 2.25. The van der Waals surface area contributed by atoms with Crippen LogP contribution in [0.15, 0.2) is 53.4 Å². The Morgan fingerprint density at radius 3 is 2.76 bits per heavy atom. The fourth-order valence-corrected chi connectivity index (χ4v) is 4.81. The number of amides is 1. The van der Waals surface area contributed by atoms with E-state index in [0.717, 1.165) is 33.2 Å². The highest BCUT2D eigenvalue weighted by atomic mass is 35.5. The minimum absolute atomic E-state index is 0.0519. The molecular formula is C21H20ClN3O2S2. The molecule has 0 fully saturated rings. The van der Waals surface area contributed by atoms with Gasteiger partial charge in [0.2, 0.25) is 0 Å². The smallest absolute Gasteiger partial charge is 0.264 e. The van der Waals surface area contributed by atoms with E-state index in [1.54, 1.807) is 18.4 Å². The van der Waals surface area contributed by atoms with Crippen LogP contribution in [0.2, 0.25) is 5.02 Å². The molecule has 0 aliphatic rings. The van der Waals surface area contributed by atoms with Crippen molar-refractivity contribution in [2.75, 3.05) is 26.8 Å². The molecule has 0 saturated heterocycles. The average Bonchev–Trinajstić information content (AvgIpc) is 3.46. The van der Waals surface area contributed by atoms with E-state index < -0.39 is 0 Å². The summed E-state index contributed by atoms with van der Waals surface area (Å²) in [5.41, 5.74) is 3.09. The van der Waals surface area contributed by atoms with Crippen molar-refractivity contribution in [1.29, 1.82) is 0 Å². The summed E-state index contributed by atoms with van der Waals surface area (Å²) in [4.78, 5) is 21.1. The van der Waals surface area contributed by atoms with Crippen molar-refractivity contribution in [3.8, 4) is 11.3 Å². The number of rotatable bonds is 8. The molecule has 0 N–H and O–H groups in total. The number of halogens is 1. The van der Waals surface area contributed by atoms with Crippen molar-refractivity contribution >= 4 is 45.1 Å². The van der Waals surface area contributed by atoms with Gasteiger partial charge in [0, 0.05) is 54.5 Å². The lowest BCUT2D eigenvalue weighted by atomic mass is 10.2. The van der Waals surface area contributed by atoms with E-state index in [4.69, 9.17) is 21.3 Å². The molecule has 4 aromatic rings. The van der Waals surface area contributed by atoms with E-state index in [-0.39, 0.29) is 5.91 Å². The molecule has 0 spiro atoms. The Morgan fingerprint density at radius 2 is 2.03 bits per heavy atom. The number of thiophene rings is 1. The number of methoxy groups -OCH3 is 1. The van der Waals surface area contributed by atoms with Gasteiger partial charge in [-0.2, -0.15) is 0 Å². The number of hydrogen-bond acceptors (Lipinski definition) is 5. The van der Waals surface area contributed by atoms with Gasteiger partial charge >= 0.3 is 0 Å². The average molecular weight is 446 g/mol. The second-order valence-corrected chi connectivity index (χ2v) is 8.75. The first-order valence-corrected chi connectivity index (χ1v) is 11.3. The van der Waals surface area contributed by atoms with Crippen LogP contribution in [-0.2, 0) is 11.2 Å². The summed E-state index contributed by atoms with van der Waals surface area (Å²) >= 11 is 9.06. The van der Waals surface area contributed by atoms with Crippen LogP contribution >= 0.6 is 34.3 Å². The summed E-state index contributed by atoms with van der Waals surface area (Å²) < 4.78 is 7.30. The fraction of sp³-hybridized carbons (Fsp3) is 0.238. The Hall–Kier alpha value is -2.19. The molecule has 3 aromatic heterocycles. The van der Waals surface area contributed by atoms with Crippen LogP contribution in [0.1, 0.15) is 15.4 Å². The topological polar surface area (TPSA) is 46.8 Å². The number of fused-ring (bicyclic) bond motifs is 1. The molecule has 1 amide bonds. The van der Waals surface area contributed by atoms with E-state index in [9.17, 15) is 4.79 Å². The maximum Gasteiger partial charge on any atom is 0.264 e. The monoisotopic (exact) mass is 445 g/mol. The van der Waals surface area contributed by atoms with Crippen molar-refractivity contribution in [2.24, 2.45) is 0 Å². The molecule has 0 aliphatic heterocycles. The summed E-state index contributed by atoms with van der Waals surface area (Å²) in [6, 6.07) is 11.5. The summed E-state index contributed by atoms with van der Waals surface area (Å²) in [6.45, 7) is 1.71. The van der Waals surface area contributed by atoms with Gasteiger partial charge in [-0.05, 0) is 23.6 Å². The fourth-order valence-electron chi connectivity index (χ4n) is 3.09. The molecule has 29 heavy (non-hydrogen) atoms. The number of imidazole rings is 1. The normalized spacial score (nSPS) is 11.2. The van der Waals surface area contributed by atoms with Crippen molar-refractivity contribution < 1.29 is 9.53 Å². The van der Waals surface area contributed by atoms with E-state index in [0.29, 0.717) is 24.7 Å². The minimum Gasteiger partial charge on any atom is -0.383 e. The zero-order valence-electron chi connectivity index (χ0n) is 15.9. The predicted octanol–water partition coefficient (Wildman–Crippen LogP) is 5.11. The number of thiazole rings is 1. The molecule has 0 saturated carbocycles. The number of benzene rings is 1. The Kier molecular flexibility index (Phi) is 6.30. The predicted molar refractivity (Wildman–Crippen MR) is 119 cm³/mol. The van der Waals surface area contributed by atoms with Crippen molar-refractivity contribution in [3.63, 3.8) is 0 Å². The Bertz CT molecular complexity index is 1090. The van der Waals surface area contributed by atoms with Crippen LogP contribution in [0.4, 0.5) is 0 Å². The largest absolute Gasteiger partial charge is 0.383 e. The van der Waals surface area contributed by atoms with Crippen molar-refractivity contribution in [1.82, 2.24) is 14.3 Å². The molecule has 3 heterocycles.